The highest BCUT2D eigenvalue weighted by molar-refractivity contribution is 7.99. The molecule has 0 aliphatic heterocycles. The molecule has 29 heavy (non-hydrogen) atoms. The second-order valence-corrected chi connectivity index (χ2v) is 7.79. The zero-order chi connectivity index (χ0) is 20.6. The summed E-state index contributed by atoms with van der Waals surface area (Å²) in [5.41, 5.74) is 2.15. The van der Waals surface area contributed by atoms with Gasteiger partial charge < -0.3 is 14.6 Å². The minimum Gasteiger partial charge on any atom is -0.496 e. The highest BCUT2D eigenvalue weighted by atomic mass is 32.2. The standard InChI is InChI=1S/C22H26N4O2S/c1-16(13-14-17-9-5-4-6-10-17)23-20(27)15-29-22-25-24-21(26(22)2)18-11-7-8-12-19(18)28-3/h4-12,16H,13-15H2,1-3H3,(H,23,27)/t16-/m0/s1. The lowest BCUT2D eigenvalue weighted by molar-refractivity contribution is -0.119. The molecule has 1 aromatic heterocycles. The van der Waals surface area contributed by atoms with Gasteiger partial charge in [-0.15, -0.1) is 10.2 Å². The van der Waals surface area contributed by atoms with E-state index in [4.69, 9.17) is 4.74 Å². The smallest absolute Gasteiger partial charge is 0.230 e. The van der Waals surface area contributed by atoms with Gasteiger partial charge in [0.1, 0.15) is 5.75 Å². The summed E-state index contributed by atoms with van der Waals surface area (Å²) in [7, 11) is 3.53. The summed E-state index contributed by atoms with van der Waals surface area (Å²) in [6.45, 7) is 2.04. The lowest BCUT2D eigenvalue weighted by Crippen LogP contribution is -2.34. The Morgan fingerprint density at radius 1 is 1.14 bits per heavy atom. The first-order valence-electron chi connectivity index (χ1n) is 9.57. The molecule has 0 bridgehead atoms. The van der Waals surface area contributed by atoms with Gasteiger partial charge >= 0.3 is 0 Å². The summed E-state index contributed by atoms with van der Waals surface area (Å²) in [6, 6.07) is 18.1. The van der Waals surface area contributed by atoms with Gasteiger partial charge in [0.25, 0.3) is 0 Å². The SMILES string of the molecule is COc1ccccc1-c1nnc(SCC(=O)N[C@@H](C)CCc2ccccc2)n1C. The number of rotatable bonds is 9. The zero-order valence-corrected chi connectivity index (χ0v) is 17.8. The molecule has 1 N–H and O–H groups in total. The third-order valence-corrected chi connectivity index (χ3v) is 5.65. The molecule has 0 unspecified atom stereocenters. The van der Waals surface area contributed by atoms with Crippen molar-refractivity contribution in [3.63, 3.8) is 0 Å². The monoisotopic (exact) mass is 410 g/mol. The highest BCUT2D eigenvalue weighted by Gasteiger charge is 2.16. The maximum absolute atomic E-state index is 12.3. The second-order valence-electron chi connectivity index (χ2n) is 6.85. The van der Waals surface area contributed by atoms with E-state index in [2.05, 4.69) is 27.6 Å². The van der Waals surface area contributed by atoms with Crippen LogP contribution in [0.3, 0.4) is 0 Å². The van der Waals surface area contributed by atoms with Gasteiger partial charge in [0, 0.05) is 13.1 Å². The Morgan fingerprint density at radius 2 is 1.86 bits per heavy atom. The van der Waals surface area contributed by atoms with Crippen LogP contribution in [0.25, 0.3) is 11.4 Å². The Morgan fingerprint density at radius 3 is 2.62 bits per heavy atom. The number of carbonyl (C=O) groups excluding carboxylic acids is 1. The van der Waals surface area contributed by atoms with Crippen molar-refractivity contribution in [3.8, 4) is 17.1 Å². The van der Waals surface area contributed by atoms with Crippen LogP contribution < -0.4 is 10.1 Å². The summed E-state index contributed by atoms with van der Waals surface area (Å²) in [6.07, 6.45) is 1.85. The summed E-state index contributed by atoms with van der Waals surface area (Å²) < 4.78 is 7.29. The van der Waals surface area contributed by atoms with Crippen LogP contribution in [0.2, 0.25) is 0 Å². The lowest BCUT2D eigenvalue weighted by atomic mass is 10.1. The first-order chi connectivity index (χ1) is 14.1. The van der Waals surface area contributed by atoms with E-state index >= 15 is 0 Å². The first kappa shape index (κ1) is 20.9. The molecule has 2 aromatic carbocycles. The molecule has 0 spiro atoms. The van der Waals surface area contributed by atoms with Gasteiger partial charge in [-0.2, -0.15) is 0 Å². The van der Waals surface area contributed by atoms with E-state index in [1.165, 1.54) is 17.3 Å². The van der Waals surface area contributed by atoms with Crippen molar-refractivity contribution in [2.45, 2.75) is 31.0 Å². The molecule has 0 aliphatic carbocycles. The molecule has 1 heterocycles. The van der Waals surface area contributed by atoms with E-state index in [1.807, 2.05) is 61.0 Å². The van der Waals surface area contributed by atoms with Crippen molar-refractivity contribution in [2.24, 2.45) is 7.05 Å². The number of methoxy groups -OCH3 is 1. The molecule has 0 aliphatic rings. The average Bonchev–Trinajstić information content (AvgIpc) is 3.11. The van der Waals surface area contributed by atoms with E-state index in [-0.39, 0.29) is 11.9 Å². The van der Waals surface area contributed by atoms with Gasteiger partial charge in [0.15, 0.2) is 11.0 Å². The number of hydrogen-bond acceptors (Lipinski definition) is 5. The Bertz CT molecular complexity index is 943. The number of thioether (sulfide) groups is 1. The number of carbonyl (C=O) groups is 1. The highest BCUT2D eigenvalue weighted by Crippen LogP contribution is 2.29. The van der Waals surface area contributed by atoms with Crippen LogP contribution >= 0.6 is 11.8 Å². The van der Waals surface area contributed by atoms with E-state index in [1.54, 1.807) is 7.11 Å². The second kappa shape index (κ2) is 10.1. The number of hydrogen-bond donors (Lipinski definition) is 1. The molecular formula is C22H26N4O2S. The molecule has 3 aromatic rings. The van der Waals surface area contributed by atoms with Gasteiger partial charge in [-0.1, -0.05) is 54.2 Å². The topological polar surface area (TPSA) is 69.0 Å². The molecule has 3 rings (SSSR count). The number of aryl methyl sites for hydroxylation is 1. The zero-order valence-electron chi connectivity index (χ0n) is 17.0. The van der Waals surface area contributed by atoms with E-state index in [0.717, 1.165) is 24.2 Å². The third-order valence-electron chi connectivity index (χ3n) is 4.63. The number of aromatic nitrogens is 3. The van der Waals surface area contributed by atoms with E-state index in [0.29, 0.717) is 16.7 Å². The fraction of sp³-hybridized carbons (Fsp3) is 0.318. The molecule has 7 heteroatoms. The molecule has 0 saturated heterocycles. The normalized spacial score (nSPS) is 11.8. The Hall–Kier alpha value is -2.80. The van der Waals surface area contributed by atoms with Crippen molar-refractivity contribution in [2.75, 3.05) is 12.9 Å². The van der Waals surface area contributed by atoms with Crippen LogP contribution in [0.1, 0.15) is 18.9 Å². The number of nitrogens with zero attached hydrogens (tertiary/aromatic N) is 3. The van der Waals surface area contributed by atoms with Crippen molar-refractivity contribution in [3.05, 3.63) is 60.2 Å². The number of benzene rings is 2. The van der Waals surface area contributed by atoms with Crippen molar-refractivity contribution in [1.82, 2.24) is 20.1 Å². The van der Waals surface area contributed by atoms with Crippen LogP contribution in [0.15, 0.2) is 59.8 Å². The quantitative estimate of drug-likeness (QED) is 0.545. The third kappa shape index (κ3) is 5.60. The van der Waals surface area contributed by atoms with Crippen LogP contribution in [0, 0.1) is 0 Å². The largest absolute Gasteiger partial charge is 0.496 e. The summed E-state index contributed by atoms with van der Waals surface area (Å²) in [5, 5.41) is 12.3. The predicted octanol–water partition coefficient (Wildman–Crippen LogP) is 3.72. The maximum atomic E-state index is 12.3. The van der Waals surface area contributed by atoms with E-state index < -0.39 is 0 Å². The van der Waals surface area contributed by atoms with Crippen LogP contribution in [-0.4, -0.2) is 39.6 Å². The van der Waals surface area contributed by atoms with Crippen molar-refractivity contribution in [1.29, 1.82) is 0 Å². The fourth-order valence-corrected chi connectivity index (χ4v) is 3.77. The van der Waals surface area contributed by atoms with Crippen LogP contribution in [0.5, 0.6) is 5.75 Å². The maximum Gasteiger partial charge on any atom is 0.230 e. The van der Waals surface area contributed by atoms with Crippen LogP contribution in [-0.2, 0) is 18.3 Å². The van der Waals surface area contributed by atoms with Crippen molar-refractivity contribution >= 4 is 17.7 Å². The minimum absolute atomic E-state index is 0.00240. The van der Waals surface area contributed by atoms with Gasteiger partial charge in [0.2, 0.25) is 5.91 Å². The number of amides is 1. The minimum atomic E-state index is -0.00240. The molecule has 6 nitrogen and oxygen atoms in total. The lowest BCUT2D eigenvalue weighted by Gasteiger charge is -2.13. The molecule has 1 amide bonds. The molecule has 1 atom stereocenters. The Kier molecular flexibility index (Phi) is 7.30. The molecule has 0 fully saturated rings. The predicted molar refractivity (Wildman–Crippen MR) is 116 cm³/mol. The summed E-state index contributed by atoms with van der Waals surface area (Å²) in [5.74, 6) is 1.75. The van der Waals surface area contributed by atoms with Gasteiger partial charge in [-0.25, -0.2) is 0 Å². The molecule has 0 radical (unpaired) electrons. The Labute approximate surface area is 175 Å². The summed E-state index contributed by atoms with van der Waals surface area (Å²) >= 11 is 1.38. The first-order valence-corrected chi connectivity index (χ1v) is 10.6. The molecular weight excluding hydrogens is 384 g/mol. The van der Waals surface area contributed by atoms with Crippen molar-refractivity contribution < 1.29 is 9.53 Å². The number of nitrogens with one attached hydrogen (secondary N) is 1. The number of para-hydroxylation sites is 1. The number of ether oxygens (including phenoxy) is 1. The van der Waals surface area contributed by atoms with Gasteiger partial charge in [-0.05, 0) is 37.5 Å². The molecule has 152 valence electrons. The average molecular weight is 411 g/mol. The summed E-state index contributed by atoms with van der Waals surface area (Å²) in [4.78, 5) is 12.3. The van der Waals surface area contributed by atoms with Crippen LogP contribution in [0.4, 0.5) is 0 Å². The molecule has 0 saturated carbocycles. The van der Waals surface area contributed by atoms with Gasteiger partial charge in [0.05, 0.1) is 18.4 Å². The fourth-order valence-electron chi connectivity index (χ4n) is 3.05. The van der Waals surface area contributed by atoms with Gasteiger partial charge in [-0.3, -0.25) is 4.79 Å². The Balaban J connectivity index is 1.52. The van der Waals surface area contributed by atoms with E-state index in [9.17, 15) is 4.79 Å².